The smallest absolute Gasteiger partial charge is 0.106 e. The number of benzene rings is 2. The van der Waals surface area contributed by atoms with Gasteiger partial charge in [-0.3, -0.25) is 0 Å². The van der Waals surface area contributed by atoms with Crippen molar-refractivity contribution < 1.29 is 5.11 Å². The molecule has 1 nitrogen and oxygen atoms in total. The van der Waals surface area contributed by atoms with Crippen molar-refractivity contribution in [3.05, 3.63) is 69.2 Å². The lowest BCUT2D eigenvalue weighted by molar-refractivity contribution is 0.220. The van der Waals surface area contributed by atoms with Gasteiger partial charge in [0.1, 0.15) is 6.10 Å². The molecule has 0 radical (unpaired) electrons. The number of rotatable bonds is 2. The molecule has 0 heterocycles. The minimum absolute atomic E-state index is 0.561. The first kappa shape index (κ1) is 12.4. The summed E-state index contributed by atoms with van der Waals surface area (Å²) in [5.41, 5.74) is 2.31. The highest BCUT2D eigenvalue weighted by Gasteiger charge is 2.15. The zero-order chi connectivity index (χ0) is 12.4. The van der Waals surface area contributed by atoms with E-state index in [2.05, 4.69) is 0 Å². The molecule has 0 aliphatic heterocycles. The number of aliphatic hydroxyl groups is 1. The third-order valence-electron chi connectivity index (χ3n) is 2.66. The summed E-state index contributed by atoms with van der Waals surface area (Å²) in [5.74, 6) is 0. The van der Waals surface area contributed by atoms with Gasteiger partial charge in [0.2, 0.25) is 0 Å². The quantitative estimate of drug-likeness (QED) is 0.855. The number of hydrogen-bond acceptors (Lipinski definition) is 1. The Bertz CT molecular complexity index is 523. The van der Waals surface area contributed by atoms with Gasteiger partial charge < -0.3 is 5.11 Å². The summed E-state index contributed by atoms with van der Waals surface area (Å²) in [7, 11) is 0. The van der Waals surface area contributed by atoms with Gasteiger partial charge in [-0.2, -0.15) is 0 Å². The van der Waals surface area contributed by atoms with Crippen molar-refractivity contribution in [1.29, 1.82) is 0 Å². The molecule has 2 aromatic rings. The Balaban J connectivity index is 2.48. The van der Waals surface area contributed by atoms with E-state index in [1.807, 2.05) is 37.3 Å². The fourth-order valence-corrected chi connectivity index (χ4v) is 2.26. The third kappa shape index (κ3) is 2.63. The van der Waals surface area contributed by atoms with Gasteiger partial charge in [-0.05, 0) is 30.2 Å². The van der Waals surface area contributed by atoms with E-state index in [1.54, 1.807) is 12.1 Å². The molecule has 0 amide bonds. The first-order valence-electron chi connectivity index (χ1n) is 5.28. The molecule has 0 bridgehead atoms. The van der Waals surface area contributed by atoms with Crippen LogP contribution in [0.3, 0.4) is 0 Å². The molecule has 0 saturated heterocycles. The molecule has 17 heavy (non-hydrogen) atoms. The van der Waals surface area contributed by atoms with E-state index < -0.39 is 6.10 Å². The highest BCUT2D eigenvalue weighted by Crippen LogP contribution is 2.32. The molecule has 0 aliphatic carbocycles. The van der Waals surface area contributed by atoms with Gasteiger partial charge in [-0.25, -0.2) is 0 Å². The highest BCUT2D eigenvalue weighted by molar-refractivity contribution is 6.34. The molecule has 0 aliphatic rings. The Labute approximate surface area is 111 Å². The van der Waals surface area contributed by atoms with Crippen LogP contribution in [-0.4, -0.2) is 5.11 Å². The SMILES string of the molecule is Cc1cc(Cl)cc(C(O)c2ccccc2)c1Cl. The largest absolute Gasteiger partial charge is 0.384 e. The summed E-state index contributed by atoms with van der Waals surface area (Å²) in [6.07, 6.45) is -0.749. The maximum Gasteiger partial charge on any atom is 0.106 e. The van der Waals surface area contributed by atoms with Crippen LogP contribution in [0.2, 0.25) is 10.0 Å². The number of aryl methyl sites for hydroxylation is 1. The van der Waals surface area contributed by atoms with E-state index in [1.165, 1.54) is 0 Å². The van der Waals surface area contributed by atoms with E-state index >= 15 is 0 Å². The van der Waals surface area contributed by atoms with Gasteiger partial charge in [-0.1, -0.05) is 53.5 Å². The average molecular weight is 267 g/mol. The lowest BCUT2D eigenvalue weighted by atomic mass is 10.00. The Kier molecular flexibility index (Phi) is 3.72. The predicted molar refractivity (Wildman–Crippen MR) is 71.7 cm³/mol. The summed E-state index contributed by atoms with van der Waals surface area (Å²) in [6, 6.07) is 12.9. The summed E-state index contributed by atoms with van der Waals surface area (Å²) >= 11 is 12.2. The molecular formula is C14H12Cl2O. The fraction of sp³-hybridized carbons (Fsp3) is 0.143. The minimum Gasteiger partial charge on any atom is -0.384 e. The lowest BCUT2D eigenvalue weighted by Gasteiger charge is -2.15. The zero-order valence-electron chi connectivity index (χ0n) is 9.32. The first-order chi connectivity index (χ1) is 8.09. The highest BCUT2D eigenvalue weighted by atomic mass is 35.5. The Hall–Kier alpha value is -1.02. The summed E-state index contributed by atoms with van der Waals surface area (Å²) in [4.78, 5) is 0. The van der Waals surface area contributed by atoms with Crippen LogP contribution in [0.15, 0.2) is 42.5 Å². The van der Waals surface area contributed by atoms with E-state index in [0.29, 0.717) is 15.6 Å². The zero-order valence-corrected chi connectivity index (χ0v) is 10.8. The van der Waals surface area contributed by atoms with Crippen molar-refractivity contribution in [3.8, 4) is 0 Å². The fourth-order valence-electron chi connectivity index (χ4n) is 1.77. The van der Waals surface area contributed by atoms with Crippen molar-refractivity contribution >= 4 is 23.2 Å². The predicted octanol–water partition coefficient (Wildman–Crippen LogP) is 4.38. The molecular weight excluding hydrogens is 255 g/mol. The summed E-state index contributed by atoms with van der Waals surface area (Å²) in [6.45, 7) is 1.87. The van der Waals surface area contributed by atoms with Gasteiger partial charge in [0, 0.05) is 15.6 Å². The molecule has 1 atom stereocenters. The summed E-state index contributed by atoms with van der Waals surface area (Å²) in [5, 5.41) is 11.4. The van der Waals surface area contributed by atoms with E-state index in [0.717, 1.165) is 11.1 Å². The number of halogens is 2. The van der Waals surface area contributed by atoms with E-state index in [9.17, 15) is 5.11 Å². The number of hydrogen-bond donors (Lipinski definition) is 1. The maximum absolute atomic E-state index is 10.3. The summed E-state index contributed by atoms with van der Waals surface area (Å²) < 4.78 is 0. The molecule has 2 rings (SSSR count). The number of aliphatic hydroxyl groups excluding tert-OH is 1. The standard InChI is InChI=1S/C14H12Cl2O/c1-9-7-11(15)8-12(13(9)16)14(17)10-5-3-2-4-6-10/h2-8,14,17H,1H3. The van der Waals surface area contributed by atoms with Crippen LogP contribution < -0.4 is 0 Å². The molecule has 1 N–H and O–H groups in total. The molecule has 88 valence electrons. The molecule has 0 spiro atoms. The van der Waals surface area contributed by atoms with Crippen LogP contribution in [0.25, 0.3) is 0 Å². The molecule has 2 aromatic carbocycles. The molecule has 0 fully saturated rings. The molecule has 0 saturated carbocycles. The Morgan fingerprint density at radius 1 is 1.06 bits per heavy atom. The third-order valence-corrected chi connectivity index (χ3v) is 3.39. The topological polar surface area (TPSA) is 20.2 Å². The van der Waals surface area contributed by atoms with Crippen molar-refractivity contribution in [2.45, 2.75) is 13.0 Å². The second-order valence-corrected chi connectivity index (χ2v) is 4.75. The van der Waals surface area contributed by atoms with Gasteiger partial charge >= 0.3 is 0 Å². The van der Waals surface area contributed by atoms with Gasteiger partial charge in [-0.15, -0.1) is 0 Å². The van der Waals surface area contributed by atoms with Gasteiger partial charge in [0.25, 0.3) is 0 Å². The van der Waals surface area contributed by atoms with Crippen molar-refractivity contribution in [1.82, 2.24) is 0 Å². The van der Waals surface area contributed by atoms with Crippen LogP contribution in [-0.2, 0) is 0 Å². The van der Waals surface area contributed by atoms with Gasteiger partial charge in [0.15, 0.2) is 0 Å². The first-order valence-corrected chi connectivity index (χ1v) is 6.03. The van der Waals surface area contributed by atoms with Crippen LogP contribution >= 0.6 is 23.2 Å². The molecule has 0 aromatic heterocycles. The van der Waals surface area contributed by atoms with E-state index in [4.69, 9.17) is 23.2 Å². The maximum atomic E-state index is 10.3. The molecule has 1 unspecified atom stereocenters. The van der Waals surface area contributed by atoms with Crippen molar-refractivity contribution in [2.24, 2.45) is 0 Å². The van der Waals surface area contributed by atoms with Crippen LogP contribution in [0.4, 0.5) is 0 Å². The Morgan fingerprint density at radius 3 is 2.35 bits per heavy atom. The lowest BCUT2D eigenvalue weighted by Crippen LogP contribution is -2.01. The van der Waals surface area contributed by atoms with Crippen molar-refractivity contribution in [2.75, 3.05) is 0 Å². The second kappa shape index (κ2) is 5.09. The van der Waals surface area contributed by atoms with Crippen LogP contribution in [0, 0.1) is 6.92 Å². The minimum atomic E-state index is -0.749. The Morgan fingerprint density at radius 2 is 1.71 bits per heavy atom. The molecule has 3 heteroatoms. The van der Waals surface area contributed by atoms with Gasteiger partial charge in [0.05, 0.1) is 0 Å². The van der Waals surface area contributed by atoms with Crippen molar-refractivity contribution in [3.63, 3.8) is 0 Å². The average Bonchev–Trinajstić information content (AvgIpc) is 2.34. The second-order valence-electron chi connectivity index (χ2n) is 3.94. The van der Waals surface area contributed by atoms with E-state index in [-0.39, 0.29) is 0 Å². The van der Waals surface area contributed by atoms with Crippen LogP contribution in [0.1, 0.15) is 22.8 Å². The van der Waals surface area contributed by atoms with Crippen LogP contribution in [0.5, 0.6) is 0 Å². The monoisotopic (exact) mass is 266 g/mol. The normalized spacial score (nSPS) is 12.5.